The quantitative estimate of drug-likeness (QED) is 0.453. The van der Waals surface area contributed by atoms with E-state index < -0.39 is 0 Å². The molecule has 0 aliphatic carbocycles. The molecule has 1 aromatic heterocycles. The van der Waals surface area contributed by atoms with Crippen LogP contribution in [-0.2, 0) is 4.79 Å². The fraction of sp³-hybridized carbons (Fsp3) is 0.192. The SMILES string of the molecule is CCN1C(=C(C#N)c2nc(NC(=O)CCNC(=O)c3ccccc3)ncc2C)Nc2ccccc21. The summed E-state index contributed by atoms with van der Waals surface area (Å²) in [5.74, 6) is 0.139. The number of nitrogens with one attached hydrogen (secondary N) is 3. The normalized spacial score (nSPS) is 13.3. The number of carbonyl (C=O) groups is 2. The Balaban J connectivity index is 1.48. The van der Waals surface area contributed by atoms with Crippen LogP contribution < -0.4 is 20.9 Å². The Kier molecular flexibility index (Phi) is 7.02. The molecule has 0 bridgehead atoms. The van der Waals surface area contributed by atoms with E-state index in [1.54, 1.807) is 30.5 Å². The minimum Gasteiger partial charge on any atom is -0.352 e. The summed E-state index contributed by atoms with van der Waals surface area (Å²) < 4.78 is 0. The van der Waals surface area contributed by atoms with Gasteiger partial charge in [0.25, 0.3) is 5.91 Å². The van der Waals surface area contributed by atoms with Gasteiger partial charge in [0, 0.05) is 31.3 Å². The molecule has 2 aromatic carbocycles. The molecule has 0 unspecified atom stereocenters. The van der Waals surface area contributed by atoms with Gasteiger partial charge in [-0.1, -0.05) is 30.3 Å². The van der Waals surface area contributed by atoms with Crippen molar-refractivity contribution in [2.24, 2.45) is 0 Å². The van der Waals surface area contributed by atoms with Crippen LogP contribution in [0.5, 0.6) is 0 Å². The number of fused-ring (bicyclic) bond motifs is 1. The maximum absolute atomic E-state index is 12.4. The average molecular weight is 468 g/mol. The number of benzene rings is 2. The monoisotopic (exact) mass is 467 g/mol. The molecule has 0 saturated carbocycles. The summed E-state index contributed by atoms with van der Waals surface area (Å²) in [4.78, 5) is 35.2. The minimum absolute atomic E-state index is 0.0534. The van der Waals surface area contributed by atoms with E-state index in [-0.39, 0.29) is 30.7 Å². The lowest BCUT2D eigenvalue weighted by atomic mass is 10.1. The molecule has 9 nitrogen and oxygen atoms in total. The van der Waals surface area contributed by atoms with Gasteiger partial charge in [-0.05, 0) is 43.7 Å². The smallest absolute Gasteiger partial charge is 0.251 e. The van der Waals surface area contributed by atoms with E-state index in [4.69, 9.17) is 0 Å². The van der Waals surface area contributed by atoms with Crippen LogP contribution in [0, 0.1) is 18.3 Å². The predicted octanol–water partition coefficient (Wildman–Crippen LogP) is 3.69. The van der Waals surface area contributed by atoms with E-state index in [0.29, 0.717) is 34.8 Å². The molecule has 2 heterocycles. The fourth-order valence-electron chi connectivity index (χ4n) is 3.80. The predicted molar refractivity (Wildman–Crippen MR) is 134 cm³/mol. The molecular formula is C26H25N7O2. The van der Waals surface area contributed by atoms with Gasteiger partial charge in [0.1, 0.15) is 17.5 Å². The molecule has 3 aromatic rings. The Bertz CT molecular complexity index is 1330. The molecule has 1 aliphatic heterocycles. The van der Waals surface area contributed by atoms with Crippen LogP contribution in [-0.4, -0.2) is 34.9 Å². The van der Waals surface area contributed by atoms with E-state index in [1.165, 1.54) is 0 Å². The summed E-state index contributed by atoms with van der Waals surface area (Å²) in [5, 5.41) is 18.7. The Morgan fingerprint density at radius 1 is 1.11 bits per heavy atom. The summed E-state index contributed by atoms with van der Waals surface area (Å²) in [6.07, 6.45) is 1.63. The highest BCUT2D eigenvalue weighted by Gasteiger charge is 2.27. The van der Waals surface area contributed by atoms with Crippen LogP contribution in [0.1, 0.15) is 35.0 Å². The van der Waals surface area contributed by atoms with E-state index in [9.17, 15) is 14.9 Å². The van der Waals surface area contributed by atoms with Crippen LogP contribution in [0.2, 0.25) is 0 Å². The number of rotatable bonds is 7. The molecule has 3 N–H and O–H groups in total. The molecule has 0 saturated heterocycles. The number of amides is 2. The highest BCUT2D eigenvalue weighted by molar-refractivity contribution is 5.95. The minimum atomic E-state index is -0.346. The second-order valence-corrected chi connectivity index (χ2v) is 7.87. The van der Waals surface area contributed by atoms with Gasteiger partial charge in [0.15, 0.2) is 0 Å². The van der Waals surface area contributed by atoms with Crippen molar-refractivity contribution < 1.29 is 9.59 Å². The Morgan fingerprint density at radius 2 is 1.86 bits per heavy atom. The van der Waals surface area contributed by atoms with Gasteiger partial charge in [-0.15, -0.1) is 0 Å². The molecule has 4 rings (SSSR count). The third-order valence-corrected chi connectivity index (χ3v) is 5.52. The number of nitrogens with zero attached hydrogens (tertiary/aromatic N) is 4. The molecule has 2 amide bonds. The molecule has 0 radical (unpaired) electrons. The molecule has 0 atom stereocenters. The lowest BCUT2D eigenvalue weighted by Gasteiger charge is -2.19. The van der Waals surface area contributed by atoms with Gasteiger partial charge in [-0.2, -0.15) is 5.26 Å². The zero-order chi connectivity index (χ0) is 24.8. The summed E-state index contributed by atoms with van der Waals surface area (Å²) in [5.41, 5.74) is 3.92. The van der Waals surface area contributed by atoms with Gasteiger partial charge in [0.2, 0.25) is 11.9 Å². The second-order valence-electron chi connectivity index (χ2n) is 7.87. The fourth-order valence-corrected chi connectivity index (χ4v) is 3.80. The number of allylic oxidation sites excluding steroid dienone is 1. The van der Waals surface area contributed by atoms with Crippen molar-refractivity contribution in [3.8, 4) is 6.07 Å². The maximum Gasteiger partial charge on any atom is 0.251 e. The van der Waals surface area contributed by atoms with Gasteiger partial charge < -0.3 is 15.5 Å². The van der Waals surface area contributed by atoms with Crippen molar-refractivity contribution in [3.05, 3.63) is 83.4 Å². The lowest BCUT2D eigenvalue weighted by Crippen LogP contribution is -2.28. The van der Waals surface area contributed by atoms with Crippen molar-refractivity contribution in [3.63, 3.8) is 0 Å². The number of carbonyl (C=O) groups excluding carboxylic acids is 2. The Labute approximate surface area is 203 Å². The van der Waals surface area contributed by atoms with Gasteiger partial charge in [-0.25, -0.2) is 9.97 Å². The first-order valence-electron chi connectivity index (χ1n) is 11.3. The Morgan fingerprint density at radius 3 is 2.60 bits per heavy atom. The van der Waals surface area contributed by atoms with E-state index >= 15 is 0 Å². The molecule has 9 heteroatoms. The first kappa shape index (κ1) is 23.4. The highest BCUT2D eigenvalue weighted by Crippen LogP contribution is 2.38. The first-order chi connectivity index (χ1) is 17.0. The number of nitriles is 1. The van der Waals surface area contributed by atoms with Gasteiger partial charge >= 0.3 is 0 Å². The Hall–Kier alpha value is -4.71. The number of hydrogen-bond acceptors (Lipinski definition) is 7. The van der Waals surface area contributed by atoms with Gasteiger partial charge in [0.05, 0.1) is 17.1 Å². The first-order valence-corrected chi connectivity index (χ1v) is 11.3. The number of anilines is 3. The van der Waals surface area contributed by atoms with Crippen molar-refractivity contribution in [2.45, 2.75) is 20.3 Å². The number of hydrogen-bond donors (Lipinski definition) is 3. The van der Waals surface area contributed by atoms with E-state index in [0.717, 1.165) is 11.4 Å². The zero-order valence-corrected chi connectivity index (χ0v) is 19.5. The van der Waals surface area contributed by atoms with Gasteiger partial charge in [-0.3, -0.25) is 14.9 Å². The molecular weight excluding hydrogens is 442 g/mol. The summed E-state index contributed by atoms with van der Waals surface area (Å²) in [6, 6.07) is 18.9. The lowest BCUT2D eigenvalue weighted by molar-refractivity contribution is -0.116. The summed E-state index contributed by atoms with van der Waals surface area (Å²) in [6.45, 7) is 4.65. The molecule has 0 fully saturated rings. The largest absolute Gasteiger partial charge is 0.352 e. The molecule has 0 spiro atoms. The van der Waals surface area contributed by atoms with Crippen LogP contribution in [0.15, 0.2) is 66.6 Å². The van der Waals surface area contributed by atoms with Crippen LogP contribution in [0.3, 0.4) is 0 Å². The van der Waals surface area contributed by atoms with Crippen molar-refractivity contribution in [1.29, 1.82) is 5.26 Å². The van der Waals surface area contributed by atoms with Crippen molar-refractivity contribution >= 4 is 34.7 Å². The molecule has 176 valence electrons. The third kappa shape index (κ3) is 5.12. The summed E-state index contributed by atoms with van der Waals surface area (Å²) >= 11 is 0. The van der Waals surface area contributed by atoms with E-state index in [1.807, 2.05) is 49.1 Å². The number of aryl methyl sites for hydroxylation is 1. The molecule has 35 heavy (non-hydrogen) atoms. The second kappa shape index (κ2) is 10.5. The van der Waals surface area contributed by atoms with Crippen LogP contribution in [0.4, 0.5) is 17.3 Å². The van der Waals surface area contributed by atoms with E-state index in [2.05, 4.69) is 32.0 Å². The summed E-state index contributed by atoms with van der Waals surface area (Å²) in [7, 11) is 0. The maximum atomic E-state index is 12.4. The number of aromatic nitrogens is 2. The standard InChI is InChI=1S/C26H25N7O2/c1-3-33-21-12-8-7-11-20(21)30-24(33)19(15-27)23-17(2)16-29-26(32-23)31-22(34)13-14-28-25(35)18-9-5-4-6-10-18/h4-12,16,30H,3,13-14H2,1-2H3,(H,28,35)(H,29,31,32,34). The molecule has 1 aliphatic rings. The highest BCUT2D eigenvalue weighted by atomic mass is 16.2. The number of para-hydroxylation sites is 2. The van der Waals surface area contributed by atoms with Crippen molar-refractivity contribution in [2.75, 3.05) is 28.6 Å². The zero-order valence-electron chi connectivity index (χ0n) is 19.5. The van der Waals surface area contributed by atoms with Crippen LogP contribution >= 0.6 is 0 Å². The van der Waals surface area contributed by atoms with Crippen LogP contribution in [0.25, 0.3) is 5.57 Å². The third-order valence-electron chi connectivity index (χ3n) is 5.52. The topological polar surface area (TPSA) is 123 Å². The van der Waals surface area contributed by atoms with Crippen molar-refractivity contribution in [1.82, 2.24) is 15.3 Å². The average Bonchev–Trinajstić information content (AvgIpc) is 3.25.